The first-order valence-corrected chi connectivity index (χ1v) is 4.65. The molecule has 2 nitrogen and oxygen atoms in total. The van der Waals surface area contributed by atoms with Gasteiger partial charge in [-0.2, -0.15) is 0 Å². The summed E-state index contributed by atoms with van der Waals surface area (Å²) in [6, 6.07) is 0. The Morgan fingerprint density at radius 1 is 1.18 bits per heavy atom. The Bertz CT molecular complexity index is 124. The lowest BCUT2D eigenvalue weighted by atomic mass is 9.93. The van der Waals surface area contributed by atoms with Gasteiger partial charge in [-0.05, 0) is 38.0 Å². The topological polar surface area (TPSA) is 29.5 Å². The lowest BCUT2D eigenvalue weighted by Crippen LogP contribution is -2.25. The van der Waals surface area contributed by atoms with Gasteiger partial charge in [0.05, 0.1) is 12.2 Å². The molecule has 0 aliphatic carbocycles. The van der Waals surface area contributed by atoms with Crippen LogP contribution < -0.4 is 0 Å². The standard InChI is InChI=1S/C9H16O2/c10-4-3-7-5-8-1-2-9(6-7)11-8/h7-10H,1-6H2. The molecule has 0 aromatic heterocycles. The first kappa shape index (κ1) is 7.56. The number of fused-ring (bicyclic) bond motifs is 2. The normalized spacial score (nSPS) is 42.8. The zero-order chi connectivity index (χ0) is 7.68. The molecular weight excluding hydrogens is 140 g/mol. The van der Waals surface area contributed by atoms with Gasteiger partial charge in [0, 0.05) is 6.61 Å². The largest absolute Gasteiger partial charge is 0.396 e. The molecule has 2 saturated heterocycles. The molecule has 0 radical (unpaired) electrons. The molecule has 2 bridgehead atoms. The third-order valence-corrected chi connectivity index (χ3v) is 2.93. The molecule has 1 N–H and O–H groups in total. The molecular formula is C9H16O2. The molecule has 0 amide bonds. The summed E-state index contributed by atoms with van der Waals surface area (Å²) in [4.78, 5) is 0. The van der Waals surface area contributed by atoms with Crippen LogP contribution in [0, 0.1) is 5.92 Å². The lowest BCUT2D eigenvalue weighted by Gasteiger charge is -2.27. The van der Waals surface area contributed by atoms with E-state index in [4.69, 9.17) is 9.84 Å². The van der Waals surface area contributed by atoms with Crippen LogP contribution in [0.5, 0.6) is 0 Å². The van der Waals surface area contributed by atoms with Crippen LogP contribution in [0.15, 0.2) is 0 Å². The second kappa shape index (κ2) is 3.11. The maximum atomic E-state index is 8.77. The van der Waals surface area contributed by atoms with E-state index in [1.807, 2.05) is 0 Å². The van der Waals surface area contributed by atoms with Crippen LogP contribution in [-0.4, -0.2) is 23.9 Å². The highest BCUT2D eigenvalue weighted by atomic mass is 16.5. The summed E-state index contributed by atoms with van der Waals surface area (Å²) >= 11 is 0. The molecule has 0 aromatic rings. The lowest BCUT2D eigenvalue weighted by molar-refractivity contribution is -0.0235. The van der Waals surface area contributed by atoms with Crippen molar-refractivity contribution in [1.29, 1.82) is 0 Å². The van der Waals surface area contributed by atoms with Crippen molar-refractivity contribution in [2.75, 3.05) is 6.61 Å². The third kappa shape index (κ3) is 1.57. The highest BCUT2D eigenvalue weighted by Crippen LogP contribution is 2.36. The van der Waals surface area contributed by atoms with Crippen molar-refractivity contribution in [1.82, 2.24) is 0 Å². The molecule has 11 heavy (non-hydrogen) atoms. The molecule has 2 rings (SSSR count). The van der Waals surface area contributed by atoms with Crippen molar-refractivity contribution in [3.63, 3.8) is 0 Å². The third-order valence-electron chi connectivity index (χ3n) is 2.93. The van der Waals surface area contributed by atoms with Crippen LogP contribution in [0.3, 0.4) is 0 Å². The van der Waals surface area contributed by atoms with Gasteiger partial charge in [0.1, 0.15) is 0 Å². The molecule has 2 aliphatic rings. The number of hydrogen-bond donors (Lipinski definition) is 1. The molecule has 2 heteroatoms. The highest BCUT2D eigenvalue weighted by molar-refractivity contribution is 4.83. The molecule has 2 atom stereocenters. The summed E-state index contributed by atoms with van der Waals surface area (Å²) in [7, 11) is 0. The van der Waals surface area contributed by atoms with Crippen LogP contribution in [-0.2, 0) is 4.74 Å². The molecule has 2 unspecified atom stereocenters. The van der Waals surface area contributed by atoms with Crippen molar-refractivity contribution in [3.8, 4) is 0 Å². The van der Waals surface area contributed by atoms with Crippen molar-refractivity contribution in [3.05, 3.63) is 0 Å². The van der Waals surface area contributed by atoms with Gasteiger partial charge in [-0.3, -0.25) is 0 Å². The summed E-state index contributed by atoms with van der Waals surface area (Å²) in [5, 5.41) is 8.77. The monoisotopic (exact) mass is 156 g/mol. The van der Waals surface area contributed by atoms with E-state index in [1.54, 1.807) is 0 Å². The van der Waals surface area contributed by atoms with E-state index in [2.05, 4.69) is 0 Å². The average molecular weight is 156 g/mol. The number of ether oxygens (including phenoxy) is 1. The first-order chi connectivity index (χ1) is 5.38. The van der Waals surface area contributed by atoms with Gasteiger partial charge in [0.25, 0.3) is 0 Å². The summed E-state index contributed by atoms with van der Waals surface area (Å²) in [6.07, 6.45) is 6.94. The summed E-state index contributed by atoms with van der Waals surface area (Å²) in [6.45, 7) is 0.351. The van der Waals surface area contributed by atoms with Gasteiger partial charge in [0.2, 0.25) is 0 Å². The summed E-state index contributed by atoms with van der Waals surface area (Å²) < 4.78 is 5.69. The van der Waals surface area contributed by atoms with E-state index in [9.17, 15) is 0 Å². The van der Waals surface area contributed by atoms with Crippen molar-refractivity contribution in [2.24, 2.45) is 5.92 Å². The molecule has 2 fully saturated rings. The second-order valence-corrected chi connectivity index (χ2v) is 3.81. The van der Waals surface area contributed by atoms with E-state index in [0.29, 0.717) is 18.8 Å². The fraction of sp³-hybridized carbons (Fsp3) is 1.00. The maximum absolute atomic E-state index is 8.77. The first-order valence-electron chi connectivity index (χ1n) is 4.65. The number of aliphatic hydroxyl groups excluding tert-OH is 1. The van der Waals surface area contributed by atoms with E-state index in [-0.39, 0.29) is 0 Å². The van der Waals surface area contributed by atoms with Crippen LogP contribution >= 0.6 is 0 Å². The van der Waals surface area contributed by atoms with Crippen molar-refractivity contribution < 1.29 is 9.84 Å². The zero-order valence-electron chi connectivity index (χ0n) is 6.83. The number of aliphatic hydroxyl groups is 1. The molecule has 0 saturated carbocycles. The van der Waals surface area contributed by atoms with E-state index in [1.165, 1.54) is 25.7 Å². The van der Waals surface area contributed by atoms with Gasteiger partial charge < -0.3 is 9.84 Å². The fourth-order valence-corrected chi connectivity index (χ4v) is 2.38. The second-order valence-electron chi connectivity index (χ2n) is 3.81. The summed E-state index contributed by atoms with van der Waals surface area (Å²) in [5.74, 6) is 0.742. The minimum Gasteiger partial charge on any atom is -0.396 e. The van der Waals surface area contributed by atoms with E-state index in [0.717, 1.165) is 12.3 Å². The molecule has 2 heterocycles. The van der Waals surface area contributed by atoms with Gasteiger partial charge in [-0.1, -0.05) is 0 Å². The Kier molecular flexibility index (Phi) is 2.14. The Morgan fingerprint density at radius 2 is 1.82 bits per heavy atom. The molecule has 64 valence electrons. The van der Waals surface area contributed by atoms with Crippen LogP contribution in [0.4, 0.5) is 0 Å². The molecule has 2 aliphatic heterocycles. The SMILES string of the molecule is OCCC1CC2CCC(C1)O2. The van der Waals surface area contributed by atoms with Crippen molar-refractivity contribution in [2.45, 2.75) is 44.3 Å². The van der Waals surface area contributed by atoms with Gasteiger partial charge >= 0.3 is 0 Å². The number of hydrogen-bond acceptors (Lipinski definition) is 2. The predicted octanol–water partition coefficient (Wildman–Crippen LogP) is 1.33. The molecule has 0 aromatic carbocycles. The van der Waals surface area contributed by atoms with Crippen molar-refractivity contribution >= 4 is 0 Å². The van der Waals surface area contributed by atoms with Gasteiger partial charge in [0.15, 0.2) is 0 Å². The Balaban J connectivity index is 1.87. The van der Waals surface area contributed by atoms with Gasteiger partial charge in [-0.25, -0.2) is 0 Å². The van der Waals surface area contributed by atoms with Crippen LogP contribution in [0.25, 0.3) is 0 Å². The average Bonchev–Trinajstić information content (AvgIpc) is 2.32. The zero-order valence-corrected chi connectivity index (χ0v) is 6.83. The Hall–Kier alpha value is -0.0800. The maximum Gasteiger partial charge on any atom is 0.0582 e. The highest BCUT2D eigenvalue weighted by Gasteiger charge is 2.34. The number of rotatable bonds is 2. The Morgan fingerprint density at radius 3 is 2.36 bits per heavy atom. The van der Waals surface area contributed by atoms with E-state index < -0.39 is 0 Å². The van der Waals surface area contributed by atoms with E-state index >= 15 is 0 Å². The minimum atomic E-state index is 0.351. The quantitative estimate of drug-likeness (QED) is 0.653. The fourth-order valence-electron chi connectivity index (χ4n) is 2.38. The molecule has 0 spiro atoms. The van der Waals surface area contributed by atoms with Crippen LogP contribution in [0.2, 0.25) is 0 Å². The van der Waals surface area contributed by atoms with Crippen LogP contribution in [0.1, 0.15) is 32.1 Å². The predicted molar refractivity (Wildman–Crippen MR) is 42.3 cm³/mol. The Labute approximate surface area is 67.6 Å². The minimum absolute atomic E-state index is 0.351. The van der Waals surface area contributed by atoms with Gasteiger partial charge in [-0.15, -0.1) is 0 Å². The summed E-state index contributed by atoms with van der Waals surface area (Å²) in [5.41, 5.74) is 0. The smallest absolute Gasteiger partial charge is 0.0582 e.